The molecule has 1 aromatic heterocycles. The molecule has 4 rings (SSSR count). The summed E-state index contributed by atoms with van der Waals surface area (Å²) in [5.74, 6) is 0.798. The summed E-state index contributed by atoms with van der Waals surface area (Å²) in [5.41, 5.74) is 4.87. The van der Waals surface area contributed by atoms with Crippen LogP contribution >= 0.6 is 0 Å². The van der Waals surface area contributed by atoms with Crippen molar-refractivity contribution in [2.75, 3.05) is 11.6 Å². The molecule has 2 heterocycles. The minimum Gasteiger partial charge on any atom is -0.473 e. The molecule has 2 aromatic carbocycles. The van der Waals surface area contributed by atoms with Gasteiger partial charge in [-0.15, -0.1) is 0 Å². The van der Waals surface area contributed by atoms with Gasteiger partial charge in [-0.05, 0) is 47.2 Å². The zero-order chi connectivity index (χ0) is 19.9. The number of anilines is 1. The second kappa shape index (κ2) is 7.01. The van der Waals surface area contributed by atoms with Crippen LogP contribution < -0.4 is 15.3 Å². The smallest absolute Gasteiger partial charge is 0.336 e. The Bertz CT molecular complexity index is 1060. The molecule has 0 spiro atoms. The Morgan fingerprint density at radius 3 is 2.50 bits per heavy atom. The van der Waals surface area contributed by atoms with E-state index in [1.54, 1.807) is 6.07 Å². The Hall–Kier alpha value is -2.75. The predicted molar refractivity (Wildman–Crippen MR) is 113 cm³/mol. The highest BCUT2D eigenvalue weighted by atomic mass is 16.5. The van der Waals surface area contributed by atoms with Crippen molar-refractivity contribution >= 4 is 16.7 Å². The predicted octanol–water partition coefficient (Wildman–Crippen LogP) is 5.40. The van der Waals surface area contributed by atoms with E-state index in [2.05, 4.69) is 56.9 Å². The van der Waals surface area contributed by atoms with E-state index in [0.717, 1.165) is 40.8 Å². The van der Waals surface area contributed by atoms with Crippen molar-refractivity contribution in [3.05, 3.63) is 69.6 Å². The van der Waals surface area contributed by atoms with Crippen LogP contribution in [0.5, 0.6) is 5.75 Å². The molecule has 146 valence electrons. The lowest BCUT2D eigenvalue weighted by atomic mass is 9.87. The summed E-state index contributed by atoms with van der Waals surface area (Å²) in [7, 11) is 0. The number of benzene rings is 2. The van der Waals surface area contributed by atoms with Gasteiger partial charge < -0.3 is 14.1 Å². The zero-order valence-corrected chi connectivity index (χ0v) is 17.0. The fourth-order valence-electron chi connectivity index (χ4n) is 3.81. The van der Waals surface area contributed by atoms with Crippen LogP contribution in [0.1, 0.15) is 50.8 Å². The fourth-order valence-corrected chi connectivity index (χ4v) is 3.81. The normalized spacial score (nSPS) is 14.1. The van der Waals surface area contributed by atoms with Gasteiger partial charge in [0.25, 0.3) is 0 Å². The second-order valence-electron chi connectivity index (χ2n) is 8.53. The maximum Gasteiger partial charge on any atom is 0.336 e. The van der Waals surface area contributed by atoms with Crippen LogP contribution in [0.2, 0.25) is 0 Å². The third-order valence-corrected chi connectivity index (χ3v) is 5.40. The lowest BCUT2D eigenvalue weighted by Crippen LogP contribution is -2.32. The van der Waals surface area contributed by atoms with Crippen molar-refractivity contribution in [1.29, 1.82) is 0 Å². The maximum absolute atomic E-state index is 12.1. The van der Waals surface area contributed by atoms with Crippen LogP contribution in [0.15, 0.2) is 51.7 Å². The standard InChI is InChI=1S/C24H27NO3/c1-5-6-16-13-22(26)28-23-19(16)11-12-21-20(23)14-25(15-27-21)18-9-7-17(8-10-18)24(2,3)4/h7-13H,5-6,14-15H2,1-4H3. The first-order valence-electron chi connectivity index (χ1n) is 9.93. The third kappa shape index (κ3) is 3.39. The minimum absolute atomic E-state index is 0.124. The fraction of sp³-hybridized carbons (Fsp3) is 0.375. The molecule has 0 atom stereocenters. The molecular formula is C24H27NO3. The topological polar surface area (TPSA) is 42.7 Å². The molecule has 0 aliphatic carbocycles. The second-order valence-corrected chi connectivity index (χ2v) is 8.53. The number of rotatable bonds is 3. The first-order chi connectivity index (χ1) is 13.4. The summed E-state index contributed by atoms with van der Waals surface area (Å²) in [6.45, 7) is 9.89. The van der Waals surface area contributed by atoms with Crippen LogP contribution in [0.3, 0.4) is 0 Å². The molecule has 0 saturated carbocycles. The highest BCUT2D eigenvalue weighted by Gasteiger charge is 2.23. The van der Waals surface area contributed by atoms with Crippen LogP contribution in [-0.4, -0.2) is 6.73 Å². The Balaban J connectivity index is 1.73. The van der Waals surface area contributed by atoms with E-state index in [9.17, 15) is 4.79 Å². The molecule has 0 saturated heterocycles. The van der Waals surface area contributed by atoms with Crippen LogP contribution in [0.4, 0.5) is 5.69 Å². The SMILES string of the molecule is CCCc1cc(=O)oc2c3c(ccc12)OCN(c1ccc(C(C)(C)C)cc1)C3. The van der Waals surface area contributed by atoms with Crippen molar-refractivity contribution in [3.8, 4) is 5.75 Å². The lowest BCUT2D eigenvalue weighted by Gasteiger charge is -2.31. The van der Waals surface area contributed by atoms with E-state index in [1.807, 2.05) is 12.1 Å². The molecule has 1 aliphatic rings. The molecule has 0 N–H and O–H groups in total. The van der Waals surface area contributed by atoms with Crippen molar-refractivity contribution < 1.29 is 9.15 Å². The number of ether oxygens (including phenoxy) is 1. The van der Waals surface area contributed by atoms with Crippen LogP contribution in [0, 0.1) is 0 Å². The van der Waals surface area contributed by atoms with Gasteiger partial charge in [-0.2, -0.15) is 0 Å². The molecular weight excluding hydrogens is 350 g/mol. The van der Waals surface area contributed by atoms with Crippen molar-refractivity contribution in [1.82, 2.24) is 0 Å². The van der Waals surface area contributed by atoms with Gasteiger partial charge in [0.05, 0.1) is 12.1 Å². The molecule has 0 radical (unpaired) electrons. The molecule has 0 unspecified atom stereocenters. The summed E-state index contributed by atoms with van der Waals surface area (Å²) in [5, 5.41) is 1.01. The average molecular weight is 377 g/mol. The van der Waals surface area contributed by atoms with Gasteiger partial charge in [-0.3, -0.25) is 0 Å². The molecule has 3 aromatic rings. The van der Waals surface area contributed by atoms with Gasteiger partial charge >= 0.3 is 5.63 Å². The Morgan fingerprint density at radius 2 is 1.82 bits per heavy atom. The van der Waals surface area contributed by atoms with Crippen molar-refractivity contribution in [2.45, 2.75) is 52.5 Å². The van der Waals surface area contributed by atoms with E-state index in [4.69, 9.17) is 9.15 Å². The number of fused-ring (bicyclic) bond motifs is 3. The molecule has 0 bridgehead atoms. The number of hydrogen-bond donors (Lipinski definition) is 0. The Labute approximate surface area is 165 Å². The summed E-state index contributed by atoms with van der Waals surface area (Å²) in [4.78, 5) is 14.3. The molecule has 0 fully saturated rings. The van der Waals surface area contributed by atoms with E-state index in [0.29, 0.717) is 18.9 Å². The van der Waals surface area contributed by atoms with E-state index in [-0.39, 0.29) is 11.0 Å². The molecule has 4 nitrogen and oxygen atoms in total. The summed E-state index contributed by atoms with van der Waals surface area (Å²) in [6, 6.07) is 14.2. The molecule has 28 heavy (non-hydrogen) atoms. The number of nitrogens with zero attached hydrogens (tertiary/aromatic N) is 1. The summed E-state index contributed by atoms with van der Waals surface area (Å²) in [6.07, 6.45) is 1.85. The Kier molecular flexibility index (Phi) is 4.66. The van der Waals surface area contributed by atoms with Gasteiger partial charge in [0.1, 0.15) is 11.3 Å². The van der Waals surface area contributed by atoms with Gasteiger partial charge in [0.2, 0.25) is 0 Å². The number of hydrogen-bond acceptors (Lipinski definition) is 4. The van der Waals surface area contributed by atoms with Gasteiger partial charge in [0, 0.05) is 17.1 Å². The van der Waals surface area contributed by atoms with Crippen molar-refractivity contribution in [3.63, 3.8) is 0 Å². The van der Waals surface area contributed by atoms with Crippen LogP contribution in [-0.2, 0) is 18.4 Å². The quantitative estimate of drug-likeness (QED) is 0.573. The largest absolute Gasteiger partial charge is 0.473 e. The average Bonchev–Trinajstić information content (AvgIpc) is 2.67. The minimum atomic E-state index is -0.295. The first-order valence-corrected chi connectivity index (χ1v) is 9.93. The van der Waals surface area contributed by atoms with Gasteiger partial charge in [0.15, 0.2) is 6.73 Å². The zero-order valence-electron chi connectivity index (χ0n) is 17.0. The van der Waals surface area contributed by atoms with Crippen LogP contribution in [0.25, 0.3) is 11.0 Å². The molecule has 1 aliphatic heterocycles. The summed E-state index contributed by atoms with van der Waals surface area (Å²) >= 11 is 0. The van der Waals surface area contributed by atoms with Gasteiger partial charge in [-0.1, -0.05) is 46.2 Å². The van der Waals surface area contributed by atoms with E-state index in [1.165, 1.54) is 5.56 Å². The summed E-state index contributed by atoms with van der Waals surface area (Å²) < 4.78 is 11.6. The number of aryl methyl sites for hydroxylation is 1. The monoisotopic (exact) mass is 377 g/mol. The van der Waals surface area contributed by atoms with E-state index < -0.39 is 0 Å². The first kappa shape index (κ1) is 18.6. The molecule has 0 amide bonds. The Morgan fingerprint density at radius 1 is 1.07 bits per heavy atom. The maximum atomic E-state index is 12.1. The lowest BCUT2D eigenvalue weighted by molar-refractivity contribution is 0.289. The van der Waals surface area contributed by atoms with Crippen molar-refractivity contribution in [2.24, 2.45) is 0 Å². The van der Waals surface area contributed by atoms with E-state index >= 15 is 0 Å². The highest BCUT2D eigenvalue weighted by Crippen LogP contribution is 2.35. The third-order valence-electron chi connectivity index (χ3n) is 5.40. The van der Waals surface area contributed by atoms with Gasteiger partial charge in [-0.25, -0.2) is 4.79 Å². The highest BCUT2D eigenvalue weighted by molar-refractivity contribution is 5.85. The molecule has 4 heteroatoms.